The van der Waals surface area contributed by atoms with Crippen molar-refractivity contribution in [3.63, 3.8) is 0 Å². The van der Waals surface area contributed by atoms with E-state index in [0.29, 0.717) is 22.2 Å². The third-order valence-corrected chi connectivity index (χ3v) is 5.54. The number of nitrogens with zero attached hydrogens (tertiary/aromatic N) is 3. The molecule has 4 rings (SSSR count). The highest BCUT2D eigenvalue weighted by molar-refractivity contribution is 7.99. The quantitative estimate of drug-likeness (QED) is 0.362. The van der Waals surface area contributed by atoms with Gasteiger partial charge in [0.2, 0.25) is 0 Å². The van der Waals surface area contributed by atoms with Crippen LogP contribution in [0.15, 0.2) is 53.7 Å². The predicted molar refractivity (Wildman–Crippen MR) is 110 cm³/mol. The Morgan fingerprint density at radius 1 is 1.04 bits per heavy atom. The van der Waals surface area contributed by atoms with Gasteiger partial charge in [0.1, 0.15) is 0 Å². The standard InChI is InChI=1S/C21H19N3O3S/c1-13-10-20-22-23-21(24(20)16-7-5-4-6-15(13)16)28-12-17(25)14-8-9-18(26-2)19(11-14)27-3/h4-11H,12H2,1-3H3. The molecule has 4 aromatic rings. The van der Waals surface area contributed by atoms with Crippen molar-refractivity contribution >= 4 is 34.1 Å². The van der Waals surface area contributed by atoms with Crippen molar-refractivity contribution in [3.05, 3.63) is 59.7 Å². The lowest BCUT2D eigenvalue weighted by Crippen LogP contribution is -2.04. The zero-order valence-corrected chi connectivity index (χ0v) is 16.6. The molecule has 2 aromatic carbocycles. The molecule has 0 amide bonds. The zero-order chi connectivity index (χ0) is 19.7. The second-order valence-corrected chi connectivity index (χ2v) is 7.24. The molecule has 0 saturated carbocycles. The number of carbonyl (C=O) groups excluding carboxylic acids is 1. The van der Waals surface area contributed by atoms with Gasteiger partial charge in [0.25, 0.3) is 0 Å². The molecule has 0 fully saturated rings. The topological polar surface area (TPSA) is 65.7 Å². The van der Waals surface area contributed by atoms with E-state index in [2.05, 4.69) is 23.2 Å². The van der Waals surface area contributed by atoms with Gasteiger partial charge in [-0.05, 0) is 42.8 Å². The van der Waals surface area contributed by atoms with Crippen LogP contribution < -0.4 is 9.47 Å². The number of fused-ring (bicyclic) bond motifs is 3. The molecule has 0 aliphatic heterocycles. The van der Waals surface area contributed by atoms with Gasteiger partial charge in [-0.1, -0.05) is 30.0 Å². The average Bonchev–Trinajstić information content (AvgIpc) is 3.14. The van der Waals surface area contributed by atoms with Gasteiger partial charge >= 0.3 is 0 Å². The van der Waals surface area contributed by atoms with Crippen molar-refractivity contribution in [1.29, 1.82) is 0 Å². The molecule has 142 valence electrons. The SMILES string of the molecule is COc1ccc(C(=O)CSc2nnc3cc(C)c4ccccc4n23)cc1OC. The molecule has 0 saturated heterocycles. The van der Waals surface area contributed by atoms with Gasteiger partial charge < -0.3 is 9.47 Å². The van der Waals surface area contributed by atoms with Crippen LogP contribution in [0.2, 0.25) is 0 Å². The number of aromatic nitrogens is 3. The fraction of sp³-hybridized carbons (Fsp3) is 0.190. The highest BCUT2D eigenvalue weighted by atomic mass is 32.2. The molecule has 28 heavy (non-hydrogen) atoms. The Hall–Kier alpha value is -3.06. The van der Waals surface area contributed by atoms with Gasteiger partial charge in [-0.2, -0.15) is 0 Å². The van der Waals surface area contributed by atoms with E-state index in [1.54, 1.807) is 32.4 Å². The Bertz CT molecular complexity index is 1190. The number of aryl methyl sites for hydroxylation is 1. The Labute approximate surface area is 166 Å². The van der Waals surface area contributed by atoms with E-state index in [1.165, 1.54) is 11.8 Å². The molecule has 0 aliphatic carbocycles. The Kier molecular flexibility index (Phi) is 4.92. The number of benzene rings is 2. The number of hydrogen-bond acceptors (Lipinski definition) is 6. The fourth-order valence-electron chi connectivity index (χ4n) is 3.19. The molecule has 0 bridgehead atoms. The number of Topliss-reactive ketones (excluding diaryl/α,β-unsaturated/α-hetero) is 1. The molecule has 0 spiro atoms. The molecule has 0 aliphatic rings. The van der Waals surface area contributed by atoms with Gasteiger partial charge in [0.15, 0.2) is 28.1 Å². The first-order valence-corrected chi connectivity index (χ1v) is 9.72. The summed E-state index contributed by atoms with van der Waals surface area (Å²) in [7, 11) is 3.12. The number of ether oxygens (including phenoxy) is 2. The fourth-order valence-corrected chi connectivity index (χ4v) is 4.04. The number of para-hydroxylation sites is 1. The van der Waals surface area contributed by atoms with Crippen LogP contribution in [0.3, 0.4) is 0 Å². The highest BCUT2D eigenvalue weighted by Gasteiger charge is 2.15. The zero-order valence-electron chi connectivity index (χ0n) is 15.8. The lowest BCUT2D eigenvalue weighted by Gasteiger charge is -2.09. The van der Waals surface area contributed by atoms with E-state index in [9.17, 15) is 4.79 Å². The highest BCUT2D eigenvalue weighted by Crippen LogP contribution is 2.29. The van der Waals surface area contributed by atoms with Crippen LogP contribution in [0.5, 0.6) is 11.5 Å². The van der Waals surface area contributed by atoms with Crippen LogP contribution in [0.25, 0.3) is 16.6 Å². The van der Waals surface area contributed by atoms with Gasteiger partial charge in [-0.15, -0.1) is 10.2 Å². The minimum absolute atomic E-state index is 0.0147. The smallest absolute Gasteiger partial charge is 0.196 e. The summed E-state index contributed by atoms with van der Waals surface area (Å²) in [6.45, 7) is 2.06. The van der Waals surface area contributed by atoms with E-state index < -0.39 is 0 Å². The van der Waals surface area contributed by atoms with Crippen molar-refractivity contribution in [2.75, 3.05) is 20.0 Å². The summed E-state index contributed by atoms with van der Waals surface area (Å²) in [4.78, 5) is 12.7. The molecule has 7 heteroatoms. The van der Waals surface area contributed by atoms with Crippen LogP contribution in [0.4, 0.5) is 0 Å². The number of methoxy groups -OCH3 is 2. The van der Waals surface area contributed by atoms with Crippen LogP contribution in [0.1, 0.15) is 15.9 Å². The monoisotopic (exact) mass is 393 g/mol. The van der Waals surface area contributed by atoms with Gasteiger partial charge in [-0.3, -0.25) is 9.20 Å². The van der Waals surface area contributed by atoms with E-state index >= 15 is 0 Å². The number of rotatable bonds is 6. The number of carbonyl (C=O) groups is 1. The molecule has 0 unspecified atom stereocenters. The van der Waals surface area contributed by atoms with Gasteiger partial charge in [0, 0.05) is 10.9 Å². The molecule has 0 N–H and O–H groups in total. The Morgan fingerprint density at radius 3 is 2.61 bits per heavy atom. The van der Waals surface area contributed by atoms with Crippen LogP contribution in [-0.4, -0.2) is 40.4 Å². The summed E-state index contributed by atoms with van der Waals surface area (Å²) >= 11 is 1.37. The minimum atomic E-state index is -0.0147. The number of ketones is 1. The summed E-state index contributed by atoms with van der Waals surface area (Å²) in [5, 5.41) is 10.4. The van der Waals surface area contributed by atoms with Crippen molar-refractivity contribution in [1.82, 2.24) is 14.6 Å². The van der Waals surface area contributed by atoms with Gasteiger partial charge in [-0.25, -0.2) is 0 Å². The van der Waals surface area contributed by atoms with E-state index in [0.717, 1.165) is 22.1 Å². The van der Waals surface area contributed by atoms with Crippen molar-refractivity contribution in [3.8, 4) is 11.5 Å². The lowest BCUT2D eigenvalue weighted by atomic mass is 10.1. The largest absolute Gasteiger partial charge is 0.493 e. The third-order valence-electron chi connectivity index (χ3n) is 4.61. The normalized spacial score (nSPS) is 11.1. The molecule has 6 nitrogen and oxygen atoms in total. The summed E-state index contributed by atoms with van der Waals surface area (Å²) in [5.74, 6) is 1.36. The molecular formula is C21H19N3O3S. The first-order chi connectivity index (χ1) is 13.6. The maximum atomic E-state index is 12.7. The lowest BCUT2D eigenvalue weighted by molar-refractivity contribution is 0.102. The first-order valence-electron chi connectivity index (χ1n) is 8.74. The van der Waals surface area contributed by atoms with Gasteiger partial charge in [0.05, 0.1) is 25.5 Å². The van der Waals surface area contributed by atoms with E-state index in [1.807, 2.05) is 28.7 Å². The van der Waals surface area contributed by atoms with Crippen LogP contribution >= 0.6 is 11.8 Å². The second kappa shape index (κ2) is 7.52. The molecule has 0 radical (unpaired) electrons. The number of hydrogen-bond donors (Lipinski definition) is 0. The van der Waals surface area contributed by atoms with E-state index in [4.69, 9.17) is 9.47 Å². The van der Waals surface area contributed by atoms with Crippen LogP contribution in [0, 0.1) is 6.92 Å². The predicted octanol–water partition coefficient (Wildman–Crippen LogP) is 4.18. The van der Waals surface area contributed by atoms with E-state index in [-0.39, 0.29) is 11.5 Å². The average molecular weight is 393 g/mol. The first kappa shape index (κ1) is 18.3. The maximum Gasteiger partial charge on any atom is 0.196 e. The number of thioether (sulfide) groups is 1. The third kappa shape index (κ3) is 3.18. The molecular weight excluding hydrogens is 374 g/mol. The maximum absolute atomic E-state index is 12.7. The van der Waals surface area contributed by atoms with Crippen LogP contribution in [-0.2, 0) is 0 Å². The molecule has 2 heterocycles. The number of pyridine rings is 1. The van der Waals surface area contributed by atoms with Crippen molar-refractivity contribution < 1.29 is 14.3 Å². The Morgan fingerprint density at radius 2 is 1.82 bits per heavy atom. The molecule has 0 atom stereocenters. The minimum Gasteiger partial charge on any atom is -0.493 e. The van der Waals surface area contributed by atoms with Crippen molar-refractivity contribution in [2.24, 2.45) is 0 Å². The second-order valence-electron chi connectivity index (χ2n) is 6.30. The molecule has 2 aromatic heterocycles. The summed E-state index contributed by atoms with van der Waals surface area (Å²) < 4.78 is 12.5. The summed E-state index contributed by atoms with van der Waals surface area (Å²) in [5.41, 5.74) is 3.52. The van der Waals surface area contributed by atoms with Crippen molar-refractivity contribution in [2.45, 2.75) is 12.1 Å². The Balaban J connectivity index is 1.63. The summed E-state index contributed by atoms with van der Waals surface area (Å²) in [6, 6.07) is 15.3. The summed E-state index contributed by atoms with van der Waals surface area (Å²) in [6.07, 6.45) is 0.